The van der Waals surface area contributed by atoms with E-state index in [1.807, 2.05) is 25.2 Å². The molecule has 0 spiro atoms. The van der Waals surface area contributed by atoms with Crippen LogP contribution in [0.5, 0.6) is 0 Å². The van der Waals surface area contributed by atoms with Crippen LogP contribution < -0.4 is 5.32 Å². The quantitative estimate of drug-likeness (QED) is 0.914. The van der Waals surface area contributed by atoms with Crippen LogP contribution in [0.15, 0.2) is 18.2 Å². The first-order valence-corrected chi connectivity index (χ1v) is 7.07. The number of benzene rings is 1. The van der Waals surface area contributed by atoms with Crippen molar-refractivity contribution in [3.8, 4) is 0 Å². The van der Waals surface area contributed by atoms with Crippen LogP contribution in [-0.2, 0) is 11.2 Å². The molecule has 0 amide bonds. The average molecular weight is 288 g/mol. The number of hydrogen-bond donors (Lipinski definition) is 1. The lowest BCUT2D eigenvalue weighted by Gasteiger charge is -2.37. The van der Waals surface area contributed by atoms with E-state index in [1.54, 1.807) is 0 Å². The van der Waals surface area contributed by atoms with Gasteiger partial charge in [0.25, 0.3) is 0 Å². The first-order valence-electron chi connectivity index (χ1n) is 6.31. The summed E-state index contributed by atoms with van der Waals surface area (Å²) in [5, 5.41) is 4.86. The van der Waals surface area contributed by atoms with E-state index in [1.165, 1.54) is 0 Å². The van der Waals surface area contributed by atoms with Crippen LogP contribution in [0.4, 0.5) is 0 Å². The van der Waals surface area contributed by atoms with Crippen molar-refractivity contribution >= 4 is 23.2 Å². The third-order valence-corrected chi connectivity index (χ3v) is 4.28. The first kappa shape index (κ1) is 14.1. The van der Waals surface area contributed by atoms with Gasteiger partial charge in [-0.1, -0.05) is 23.2 Å². The Morgan fingerprint density at radius 1 is 1.28 bits per heavy atom. The Bertz CT molecular complexity index is 397. The monoisotopic (exact) mass is 287 g/mol. The van der Waals surface area contributed by atoms with Crippen LogP contribution in [0.3, 0.4) is 0 Å². The summed E-state index contributed by atoms with van der Waals surface area (Å²) in [6.07, 6.45) is 3.09. The summed E-state index contributed by atoms with van der Waals surface area (Å²) in [7, 11) is 2.00. The molecule has 1 aromatic carbocycles. The zero-order valence-corrected chi connectivity index (χ0v) is 12.2. The van der Waals surface area contributed by atoms with Crippen molar-refractivity contribution in [3.63, 3.8) is 0 Å². The summed E-state index contributed by atoms with van der Waals surface area (Å²) in [5.74, 6) is 0. The molecule has 18 heavy (non-hydrogen) atoms. The van der Waals surface area contributed by atoms with Crippen molar-refractivity contribution in [1.82, 2.24) is 5.32 Å². The normalized spacial score (nSPS) is 18.8. The highest BCUT2D eigenvalue weighted by molar-refractivity contribution is 6.33. The van der Waals surface area contributed by atoms with Gasteiger partial charge in [0.05, 0.1) is 0 Å². The van der Waals surface area contributed by atoms with Gasteiger partial charge in [-0.3, -0.25) is 0 Å². The Kier molecular flexibility index (Phi) is 4.91. The Labute approximate surface area is 119 Å². The molecule has 0 aliphatic carbocycles. The molecule has 1 aromatic rings. The highest BCUT2D eigenvalue weighted by Gasteiger charge is 2.32. The molecule has 1 heterocycles. The molecule has 2 nitrogen and oxygen atoms in total. The third-order valence-electron chi connectivity index (χ3n) is 3.68. The van der Waals surface area contributed by atoms with Crippen molar-refractivity contribution in [3.05, 3.63) is 33.8 Å². The molecule has 1 saturated heterocycles. The maximum absolute atomic E-state index is 6.27. The molecule has 0 saturated carbocycles. The molecule has 4 heteroatoms. The minimum absolute atomic E-state index is 0.237. The van der Waals surface area contributed by atoms with E-state index < -0.39 is 0 Å². The highest BCUT2D eigenvalue weighted by Crippen LogP contribution is 2.36. The second-order valence-electron chi connectivity index (χ2n) is 5.06. The van der Waals surface area contributed by atoms with Gasteiger partial charge in [0.15, 0.2) is 0 Å². The van der Waals surface area contributed by atoms with Gasteiger partial charge < -0.3 is 10.1 Å². The van der Waals surface area contributed by atoms with Crippen molar-refractivity contribution < 1.29 is 4.74 Å². The highest BCUT2D eigenvalue weighted by atomic mass is 35.5. The van der Waals surface area contributed by atoms with Crippen molar-refractivity contribution in [2.24, 2.45) is 5.41 Å². The minimum Gasteiger partial charge on any atom is -0.381 e. The zero-order valence-electron chi connectivity index (χ0n) is 10.6. The molecule has 0 radical (unpaired) electrons. The second-order valence-corrected chi connectivity index (χ2v) is 5.90. The van der Waals surface area contributed by atoms with Gasteiger partial charge in [-0.05, 0) is 55.5 Å². The molecule has 100 valence electrons. The molecule has 1 N–H and O–H groups in total. The van der Waals surface area contributed by atoms with E-state index in [0.29, 0.717) is 0 Å². The molecular weight excluding hydrogens is 269 g/mol. The molecule has 2 rings (SSSR count). The van der Waals surface area contributed by atoms with Gasteiger partial charge in [0.1, 0.15) is 0 Å². The fourth-order valence-electron chi connectivity index (χ4n) is 2.68. The summed E-state index contributed by atoms with van der Waals surface area (Å²) < 4.78 is 5.48. The summed E-state index contributed by atoms with van der Waals surface area (Å²) in [4.78, 5) is 0. The van der Waals surface area contributed by atoms with Crippen molar-refractivity contribution in [1.29, 1.82) is 0 Å². The van der Waals surface area contributed by atoms with Gasteiger partial charge in [0.2, 0.25) is 0 Å². The Morgan fingerprint density at radius 3 is 2.67 bits per heavy atom. The smallest absolute Gasteiger partial charge is 0.0471 e. The largest absolute Gasteiger partial charge is 0.381 e. The molecule has 1 aliphatic heterocycles. The predicted molar refractivity (Wildman–Crippen MR) is 76.6 cm³/mol. The van der Waals surface area contributed by atoms with Gasteiger partial charge in [-0.25, -0.2) is 0 Å². The van der Waals surface area contributed by atoms with E-state index >= 15 is 0 Å². The van der Waals surface area contributed by atoms with Crippen LogP contribution in [0.2, 0.25) is 10.0 Å². The Hall–Kier alpha value is -0.280. The lowest BCUT2D eigenvalue weighted by atomic mass is 9.75. The van der Waals surface area contributed by atoms with Crippen LogP contribution in [0, 0.1) is 5.41 Å². The third kappa shape index (κ3) is 3.39. The molecule has 0 unspecified atom stereocenters. The number of hydrogen-bond acceptors (Lipinski definition) is 2. The number of rotatable bonds is 4. The summed E-state index contributed by atoms with van der Waals surface area (Å²) in [6.45, 7) is 2.65. The van der Waals surface area contributed by atoms with Crippen molar-refractivity contribution in [2.45, 2.75) is 19.3 Å². The Balaban J connectivity index is 2.19. The van der Waals surface area contributed by atoms with Crippen molar-refractivity contribution in [2.75, 3.05) is 26.8 Å². The lowest BCUT2D eigenvalue weighted by molar-refractivity contribution is 0.0158. The predicted octanol–water partition coefficient (Wildman–Crippen LogP) is 3.55. The Morgan fingerprint density at radius 2 is 2.00 bits per heavy atom. The van der Waals surface area contributed by atoms with E-state index in [9.17, 15) is 0 Å². The van der Waals surface area contributed by atoms with Crippen LogP contribution in [0.25, 0.3) is 0 Å². The molecule has 0 atom stereocenters. The van der Waals surface area contributed by atoms with Gasteiger partial charge in [-0.15, -0.1) is 0 Å². The van der Waals surface area contributed by atoms with Crippen LogP contribution in [-0.4, -0.2) is 26.8 Å². The standard InChI is InChI=1S/C14H19Cl2NO/c1-17-10-14(4-6-18-7-5-14)9-11-8-12(15)2-3-13(11)16/h2-3,8,17H,4-7,9-10H2,1H3. The molecule has 0 bridgehead atoms. The number of ether oxygens (including phenoxy) is 1. The van der Waals surface area contributed by atoms with E-state index in [2.05, 4.69) is 5.32 Å². The maximum atomic E-state index is 6.27. The lowest BCUT2D eigenvalue weighted by Crippen LogP contribution is -2.39. The molecular formula is C14H19Cl2NO. The van der Waals surface area contributed by atoms with Gasteiger partial charge in [0, 0.05) is 29.8 Å². The fourth-order valence-corrected chi connectivity index (χ4v) is 3.06. The van der Waals surface area contributed by atoms with E-state index in [-0.39, 0.29) is 5.41 Å². The summed E-state index contributed by atoms with van der Waals surface area (Å²) >= 11 is 12.3. The molecule has 0 aromatic heterocycles. The van der Waals surface area contributed by atoms with Crippen LogP contribution >= 0.6 is 23.2 Å². The number of halogens is 2. The fraction of sp³-hybridized carbons (Fsp3) is 0.571. The maximum Gasteiger partial charge on any atom is 0.0471 e. The van der Waals surface area contributed by atoms with Gasteiger partial charge in [-0.2, -0.15) is 0 Å². The second kappa shape index (κ2) is 6.25. The van der Waals surface area contributed by atoms with E-state index in [0.717, 1.165) is 54.6 Å². The first-order chi connectivity index (χ1) is 8.65. The molecule has 1 aliphatic rings. The average Bonchev–Trinajstić information content (AvgIpc) is 2.35. The topological polar surface area (TPSA) is 21.3 Å². The van der Waals surface area contributed by atoms with Crippen LogP contribution in [0.1, 0.15) is 18.4 Å². The SMILES string of the molecule is CNCC1(Cc2cc(Cl)ccc2Cl)CCOCC1. The zero-order chi connectivity index (χ0) is 13.0. The van der Waals surface area contributed by atoms with Gasteiger partial charge >= 0.3 is 0 Å². The number of nitrogens with one attached hydrogen (secondary N) is 1. The molecule has 1 fully saturated rings. The summed E-state index contributed by atoms with van der Waals surface area (Å²) in [6, 6.07) is 5.70. The minimum atomic E-state index is 0.237. The van der Waals surface area contributed by atoms with E-state index in [4.69, 9.17) is 27.9 Å². The summed E-state index contributed by atoms with van der Waals surface area (Å²) in [5.41, 5.74) is 1.38.